The minimum atomic E-state index is -6.68. The molecule has 1 saturated carbocycles. The van der Waals surface area contributed by atoms with Crippen molar-refractivity contribution in [2.75, 3.05) is 0 Å². The minimum Gasteiger partial charge on any atom is -0.790 e. The molecule has 0 aromatic rings. The predicted molar refractivity (Wildman–Crippen MR) is 78.2 cm³/mol. The van der Waals surface area contributed by atoms with Crippen molar-refractivity contribution in [3.63, 3.8) is 0 Å². The third kappa shape index (κ3) is 35.3. The van der Waals surface area contributed by atoms with Crippen molar-refractivity contribution in [1.82, 2.24) is 0 Å². The second kappa shape index (κ2) is 30.7. The summed E-state index contributed by atoms with van der Waals surface area (Å²) in [4.78, 5) is 133. The molecule has 0 saturated heterocycles. The molecule has 1 aliphatic carbocycles. The van der Waals surface area contributed by atoms with Gasteiger partial charge in [0.05, 0.1) is 46.9 Å². The van der Waals surface area contributed by atoms with Gasteiger partial charge in [0.25, 0.3) is 0 Å². The molecule has 0 heterocycles. The monoisotopic (exact) mass is 858 g/mol. The molecule has 1 rings (SSSR count). The van der Waals surface area contributed by atoms with Crippen molar-refractivity contribution in [2.24, 2.45) is 0 Å². The largest absolute Gasteiger partial charge is 1.00 e. The number of hydrogen-bond donors (Lipinski definition) is 0. The summed E-state index contributed by atoms with van der Waals surface area (Å²) in [5.41, 5.74) is 0. The molecule has 1 fully saturated rings. The van der Waals surface area contributed by atoms with Crippen molar-refractivity contribution in [1.29, 1.82) is 0 Å². The SMILES string of the molecule is O=P([O-])([O-])OC1C(OP(=O)([O-])[O-])C(OP(=O)([O-])[O-])C(OP(=O)([O-])[O-])C(OP(=O)([O-])[O-])C1OP(=O)([O-])[O-].[H+].[H+].[H+].[Na+].[Na+].[Na+].[Na+].[Na+].[Na+].[Na+].[Na+].[Na+]. The van der Waals surface area contributed by atoms with Crippen LogP contribution in [0.15, 0.2) is 0 Å². The van der Waals surface area contributed by atoms with E-state index in [9.17, 15) is 86.1 Å². The molecule has 0 amide bonds. The molecule has 0 N–H and O–H groups in total. The van der Waals surface area contributed by atoms with Gasteiger partial charge in [-0.05, 0) is 0 Å². The van der Waals surface area contributed by atoms with E-state index in [1.807, 2.05) is 0 Å². The van der Waals surface area contributed by atoms with Crippen molar-refractivity contribution < 1.29 is 384 Å². The summed E-state index contributed by atoms with van der Waals surface area (Å²) in [7, 11) is -40.1. The normalized spacial score (nSPS) is 23.5. The van der Waals surface area contributed by atoms with E-state index in [-0.39, 0.29) is 270 Å². The maximum Gasteiger partial charge on any atom is 1.00 e. The van der Waals surface area contributed by atoms with Gasteiger partial charge in [-0.15, -0.1) is 0 Å². The zero-order chi connectivity index (χ0) is 28.7. The minimum absolute atomic E-state index is 0. The molecular weight excluding hydrogens is 849 g/mol. The van der Waals surface area contributed by atoms with Crippen LogP contribution in [-0.2, 0) is 54.5 Å². The van der Waals surface area contributed by atoms with Gasteiger partial charge in [-0.2, -0.15) is 0 Å². The number of phosphoric acid groups is 6. The Balaban J connectivity index is -0.000000108. The summed E-state index contributed by atoms with van der Waals surface area (Å²) in [5, 5.41) is 0. The van der Waals surface area contributed by atoms with Crippen LogP contribution in [0.4, 0.5) is 0 Å². The Morgan fingerprint density at radius 1 is 0.267 bits per heavy atom. The smallest absolute Gasteiger partial charge is 0.790 e. The Kier molecular flexibility index (Phi) is 51.4. The summed E-state index contributed by atoms with van der Waals surface area (Å²) in [6, 6.07) is 0. The maximum absolute atomic E-state index is 11.1. The zero-order valence-corrected chi connectivity index (χ0v) is 48.3. The molecule has 45 heavy (non-hydrogen) atoms. The first-order valence-electron chi connectivity index (χ1n) is 7.80. The van der Waals surface area contributed by atoms with Gasteiger partial charge in [-0.3, -0.25) is 0 Å². The number of hydrogen-bond acceptors (Lipinski definition) is 24. The van der Waals surface area contributed by atoms with Gasteiger partial charge in [-0.25, -0.2) is 0 Å². The van der Waals surface area contributed by atoms with E-state index < -0.39 is 83.6 Å². The molecule has 0 spiro atoms. The number of rotatable bonds is 12. The van der Waals surface area contributed by atoms with E-state index in [1.165, 1.54) is 0 Å². The molecule has 0 bridgehead atoms. The number of phosphoric ester groups is 6. The zero-order valence-electron chi connectivity index (χ0n) is 27.9. The maximum atomic E-state index is 11.1. The van der Waals surface area contributed by atoms with Crippen LogP contribution in [0.3, 0.4) is 0 Å². The van der Waals surface area contributed by atoms with Crippen LogP contribution in [0.1, 0.15) is 4.28 Å². The van der Waals surface area contributed by atoms with Gasteiger partial charge in [0, 0.05) is 0 Å². The molecule has 0 aromatic heterocycles. The molecular formula is C6H9Na9O24P6. The van der Waals surface area contributed by atoms with Crippen LogP contribution in [0.25, 0.3) is 0 Å². The van der Waals surface area contributed by atoms with E-state index in [0.29, 0.717) is 0 Å². The molecule has 0 atom stereocenters. The van der Waals surface area contributed by atoms with E-state index in [2.05, 4.69) is 27.1 Å². The predicted octanol–water partition coefficient (Wildman–Crippen LogP) is -37.3. The van der Waals surface area contributed by atoms with Crippen LogP contribution in [0.5, 0.6) is 0 Å². The third-order valence-electron chi connectivity index (χ3n) is 3.45. The second-order valence-corrected chi connectivity index (χ2v) is 12.7. The summed E-state index contributed by atoms with van der Waals surface area (Å²) >= 11 is 0. The molecule has 216 valence electrons. The quantitative estimate of drug-likeness (QED) is 0.130. The van der Waals surface area contributed by atoms with Crippen LogP contribution >= 0.6 is 46.9 Å². The van der Waals surface area contributed by atoms with Gasteiger partial charge >= 0.3 is 270 Å². The van der Waals surface area contributed by atoms with Gasteiger partial charge in [0.1, 0.15) is 36.6 Å². The average molecular weight is 858 g/mol. The van der Waals surface area contributed by atoms with E-state index in [4.69, 9.17) is 0 Å². The van der Waals surface area contributed by atoms with Gasteiger partial charge < -0.3 is 113 Å². The first-order chi connectivity index (χ1) is 15.6. The van der Waals surface area contributed by atoms with Crippen LogP contribution in [-0.4, -0.2) is 36.6 Å². The van der Waals surface area contributed by atoms with Crippen molar-refractivity contribution >= 4 is 46.9 Å². The molecule has 24 nitrogen and oxygen atoms in total. The first-order valence-corrected chi connectivity index (χ1v) is 16.6. The third-order valence-corrected chi connectivity index (χ3v) is 6.46. The Morgan fingerprint density at radius 2 is 0.333 bits per heavy atom. The topological polar surface area (TPSA) is 435 Å². The van der Waals surface area contributed by atoms with Crippen LogP contribution in [0.2, 0.25) is 0 Å². The van der Waals surface area contributed by atoms with Crippen molar-refractivity contribution in [3.8, 4) is 0 Å². The molecule has 0 radical (unpaired) electrons. The van der Waals surface area contributed by atoms with E-state index >= 15 is 0 Å². The molecule has 0 aromatic carbocycles. The standard InChI is InChI=1S/C6H18O24P6.9Na/c7-31(8,9)25-1-2(26-32(10,11)12)4(28-34(16,17)18)6(30-36(22,23)24)5(29-35(19,20)21)3(1)27-33(13,14)15;;;;;;;;;/h1-6H,(H2,7,8,9)(H2,10,11,12)(H2,13,14,15)(H2,16,17,18)(H2,19,20,21)(H2,22,23,24);;;;;;;;;/q;9*+1/p-9. The Bertz CT molecular complexity index is 867. The average Bonchev–Trinajstić information content (AvgIpc) is 2.51. The summed E-state index contributed by atoms with van der Waals surface area (Å²) in [6.07, 6.45) is -21.5. The van der Waals surface area contributed by atoms with Crippen LogP contribution < -0.4 is 325 Å². The summed E-state index contributed by atoms with van der Waals surface area (Å²) in [6.45, 7) is 0. The Labute approximate surface area is 457 Å². The molecule has 1 aliphatic rings. The van der Waals surface area contributed by atoms with E-state index in [0.717, 1.165) is 0 Å². The van der Waals surface area contributed by atoms with Crippen LogP contribution in [0, 0.1) is 0 Å². The second-order valence-electron chi connectivity index (χ2n) is 6.10. The van der Waals surface area contributed by atoms with Gasteiger partial charge in [0.15, 0.2) is 0 Å². The summed E-state index contributed by atoms with van der Waals surface area (Å²) in [5.74, 6) is 0. The first kappa shape index (κ1) is 75.5. The fourth-order valence-corrected chi connectivity index (χ4v) is 5.96. The summed E-state index contributed by atoms with van der Waals surface area (Å²) < 4.78 is 88.3. The molecule has 0 unspecified atom stereocenters. The van der Waals surface area contributed by atoms with E-state index in [1.54, 1.807) is 0 Å². The van der Waals surface area contributed by atoms with Crippen molar-refractivity contribution in [2.45, 2.75) is 36.6 Å². The van der Waals surface area contributed by atoms with Gasteiger partial charge in [0.2, 0.25) is 0 Å². The fraction of sp³-hybridized carbons (Fsp3) is 1.00. The van der Waals surface area contributed by atoms with Gasteiger partial charge in [-0.1, -0.05) is 0 Å². The fourth-order valence-electron chi connectivity index (χ4n) is 2.74. The molecule has 0 aliphatic heterocycles. The van der Waals surface area contributed by atoms with Crippen molar-refractivity contribution in [3.05, 3.63) is 0 Å². The molecule has 39 heteroatoms. The Hall–Kier alpha value is 9.66. The Morgan fingerprint density at radius 3 is 0.378 bits per heavy atom.